The highest BCUT2D eigenvalue weighted by Crippen LogP contribution is 2.23. The van der Waals surface area contributed by atoms with Crippen LogP contribution in [0.5, 0.6) is 5.75 Å². The molecular weight excluding hydrogens is 202 g/mol. The first-order valence-corrected chi connectivity index (χ1v) is 5.09. The first-order chi connectivity index (χ1) is 5.82. The van der Waals surface area contributed by atoms with E-state index in [0.717, 1.165) is 6.26 Å². The van der Waals surface area contributed by atoms with Crippen molar-refractivity contribution in [1.29, 1.82) is 0 Å². The molecule has 0 fully saturated rings. The molecule has 0 amide bonds. The monoisotopic (exact) mass is 208 g/mol. The van der Waals surface area contributed by atoms with Crippen molar-refractivity contribution < 1.29 is 22.3 Å². The minimum absolute atomic E-state index is 0.500. The fourth-order valence-electron chi connectivity index (χ4n) is 0.756. The predicted octanol–water partition coefficient (Wildman–Crippen LogP) is 1.07. The molecule has 0 spiro atoms. The maximum atomic E-state index is 12.6. The van der Waals surface area contributed by atoms with E-state index >= 15 is 0 Å². The lowest BCUT2D eigenvalue weighted by molar-refractivity contribution is 0.394. The number of halogens is 2. The smallest absolute Gasteiger partial charge is 0.187 e. The van der Waals surface area contributed by atoms with Crippen LogP contribution in [-0.4, -0.2) is 19.8 Å². The van der Waals surface area contributed by atoms with E-state index in [2.05, 4.69) is 0 Å². The molecule has 0 atom stereocenters. The lowest BCUT2D eigenvalue weighted by Gasteiger charge is -2.01. The van der Waals surface area contributed by atoms with Gasteiger partial charge in [-0.3, -0.25) is 0 Å². The van der Waals surface area contributed by atoms with Crippen molar-refractivity contribution >= 4 is 9.84 Å². The normalized spacial score (nSPS) is 11.6. The lowest BCUT2D eigenvalue weighted by atomic mass is 10.3. The van der Waals surface area contributed by atoms with Gasteiger partial charge in [0.1, 0.15) is 0 Å². The summed E-state index contributed by atoms with van der Waals surface area (Å²) in [5.41, 5.74) is 0. The number of aromatic hydroxyl groups is 1. The topological polar surface area (TPSA) is 54.4 Å². The van der Waals surface area contributed by atoms with Gasteiger partial charge in [-0.05, 0) is 12.1 Å². The Bertz CT molecular complexity index is 416. The molecule has 0 radical (unpaired) electrons. The molecule has 0 saturated heterocycles. The van der Waals surface area contributed by atoms with E-state index in [-0.39, 0.29) is 0 Å². The molecule has 0 aliphatic rings. The number of hydrogen-bond acceptors (Lipinski definition) is 3. The van der Waals surface area contributed by atoms with Gasteiger partial charge < -0.3 is 5.11 Å². The van der Waals surface area contributed by atoms with Crippen LogP contribution in [0.1, 0.15) is 0 Å². The largest absolute Gasteiger partial charge is 0.503 e. The van der Waals surface area contributed by atoms with Gasteiger partial charge in [0.2, 0.25) is 0 Å². The highest BCUT2D eigenvalue weighted by Gasteiger charge is 2.15. The van der Waals surface area contributed by atoms with E-state index in [9.17, 15) is 17.2 Å². The van der Waals surface area contributed by atoms with Crippen molar-refractivity contribution in [3.05, 3.63) is 23.8 Å². The highest BCUT2D eigenvalue weighted by molar-refractivity contribution is 7.90. The molecule has 72 valence electrons. The van der Waals surface area contributed by atoms with E-state index in [1.165, 1.54) is 0 Å². The van der Waals surface area contributed by atoms with E-state index in [4.69, 9.17) is 5.11 Å². The van der Waals surface area contributed by atoms with Gasteiger partial charge in [-0.15, -0.1) is 0 Å². The number of hydrogen-bond donors (Lipinski definition) is 1. The Kier molecular flexibility index (Phi) is 2.25. The Balaban J connectivity index is 3.47. The molecule has 0 bridgehead atoms. The van der Waals surface area contributed by atoms with Gasteiger partial charge in [0.25, 0.3) is 0 Å². The van der Waals surface area contributed by atoms with Gasteiger partial charge in [-0.2, -0.15) is 0 Å². The number of phenolic OH excluding ortho intramolecular Hbond substituents is 1. The van der Waals surface area contributed by atoms with Crippen LogP contribution in [0.3, 0.4) is 0 Å². The van der Waals surface area contributed by atoms with Gasteiger partial charge in [0, 0.05) is 6.26 Å². The molecule has 1 aromatic rings. The molecule has 0 aliphatic heterocycles. The molecule has 0 unspecified atom stereocenters. The molecule has 0 aromatic heterocycles. The van der Waals surface area contributed by atoms with E-state index in [0.29, 0.717) is 12.1 Å². The zero-order valence-electron chi connectivity index (χ0n) is 6.58. The summed E-state index contributed by atoms with van der Waals surface area (Å²) in [6.45, 7) is 0. The van der Waals surface area contributed by atoms with Gasteiger partial charge >= 0.3 is 0 Å². The minimum Gasteiger partial charge on any atom is -0.503 e. The fraction of sp³-hybridized carbons (Fsp3) is 0.143. The van der Waals surface area contributed by atoms with E-state index < -0.39 is 32.1 Å². The van der Waals surface area contributed by atoms with Crippen LogP contribution in [0, 0.1) is 11.6 Å². The number of phenols is 1. The summed E-state index contributed by atoms with van der Waals surface area (Å²) in [7, 11) is -3.66. The third-order valence-corrected chi connectivity index (χ3v) is 2.51. The number of sulfone groups is 1. The number of benzene rings is 1. The van der Waals surface area contributed by atoms with E-state index in [1.54, 1.807) is 0 Å². The Morgan fingerprint density at radius 1 is 1.23 bits per heavy atom. The summed E-state index contributed by atoms with van der Waals surface area (Å²) in [6.07, 6.45) is 0.818. The standard InChI is InChI=1S/C7H6F2O3S/c1-13(11,12)4-2-5(8)7(10)6(9)3-4/h2-3,10H,1H3. The van der Waals surface area contributed by atoms with Crippen LogP contribution in [0.15, 0.2) is 17.0 Å². The molecule has 13 heavy (non-hydrogen) atoms. The summed E-state index contributed by atoms with van der Waals surface area (Å²) in [5, 5.41) is 8.65. The maximum Gasteiger partial charge on any atom is 0.187 e. The van der Waals surface area contributed by atoms with Crippen molar-refractivity contribution in [2.24, 2.45) is 0 Å². The van der Waals surface area contributed by atoms with Crippen molar-refractivity contribution in [2.75, 3.05) is 6.26 Å². The molecule has 6 heteroatoms. The molecule has 0 saturated carbocycles. The second-order valence-corrected chi connectivity index (χ2v) is 4.52. The fourth-order valence-corrected chi connectivity index (χ4v) is 1.39. The van der Waals surface area contributed by atoms with Gasteiger partial charge in [0.15, 0.2) is 27.2 Å². The third kappa shape index (κ3) is 1.95. The summed E-state index contributed by atoms with van der Waals surface area (Å²) >= 11 is 0. The van der Waals surface area contributed by atoms with Crippen molar-refractivity contribution in [1.82, 2.24) is 0 Å². The highest BCUT2D eigenvalue weighted by atomic mass is 32.2. The van der Waals surface area contributed by atoms with Crippen LogP contribution >= 0.6 is 0 Å². The van der Waals surface area contributed by atoms with Crippen molar-refractivity contribution in [3.63, 3.8) is 0 Å². The minimum atomic E-state index is -3.66. The maximum absolute atomic E-state index is 12.6. The van der Waals surface area contributed by atoms with Gasteiger partial charge in [-0.1, -0.05) is 0 Å². The van der Waals surface area contributed by atoms with Crippen molar-refractivity contribution in [3.8, 4) is 5.75 Å². The lowest BCUT2D eigenvalue weighted by Crippen LogP contribution is -1.99. The molecular formula is C7H6F2O3S. The SMILES string of the molecule is CS(=O)(=O)c1cc(F)c(O)c(F)c1. The van der Waals surface area contributed by atoms with Crippen LogP contribution in [-0.2, 0) is 9.84 Å². The summed E-state index contributed by atoms with van der Waals surface area (Å²) in [5.74, 6) is -3.76. The first-order valence-electron chi connectivity index (χ1n) is 3.20. The zero-order valence-corrected chi connectivity index (χ0v) is 7.40. The van der Waals surface area contributed by atoms with Gasteiger partial charge in [-0.25, -0.2) is 17.2 Å². The Morgan fingerprint density at radius 3 is 1.92 bits per heavy atom. The summed E-state index contributed by atoms with van der Waals surface area (Å²) in [6, 6.07) is 1.13. The second kappa shape index (κ2) is 2.95. The Labute approximate surface area is 73.5 Å². The zero-order chi connectivity index (χ0) is 10.2. The molecule has 1 rings (SSSR count). The molecule has 1 N–H and O–H groups in total. The third-order valence-electron chi connectivity index (χ3n) is 1.42. The predicted molar refractivity (Wildman–Crippen MR) is 41.1 cm³/mol. The second-order valence-electron chi connectivity index (χ2n) is 2.51. The van der Waals surface area contributed by atoms with Gasteiger partial charge in [0.05, 0.1) is 4.90 Å². The molecule has 0 heterocycles. The van der Waals surface area contributed by atoms with Crippen LogP contribution in [0.25, 0.3) is 0 Å². The van der Waals surface area contributed by atoms with Crippen LogP contribution in [0.4, 0.5) is 8.78 Å². The molecule has 3 nitrogen and oxygen atoms in total. The average Bonchev–Trinajstić information content (AvgIpc) is 1.97. The number of rotatable bonds is 1. The summed E-state index contributed by atoms with van der Waals surface area (Å²) in [4.78, 5) is -0.500. The first kappa shape index (κ1) is 9.91. The molecule has 0 aliphatic carbocycles. The van der Waals surface area contributed by atoms with Crippen LogP contribution < -0.4 is 0 Å². The van der Waals surface area contributed by atoms with Crippen LogP contribution in [0.2, 0.25) is 0 Å². The quantitative estimate of drug-likeness (QED) is 0.751. The summed E-state index contributed by atoms with van der Waals surface area (Å²) < 4.78 is 46.9. The molecule has 1 aromatic carbocycles. The van der Waals surface area contributed by atoms with E-state index in [1.807, 2.05) is 0 Å². The Hall–Kier alpha value is -1.17. The van der Waals surface area contributed by atoms with Crippen molar-refractivity contribution in [2.45, 2.75) is 4.90 Å². The average molecular weight is 208 g/mol. The Morgan fingerprint density at radius 2 is 1.62 bits per heavy atom.